The lowest BCUT2D eigenvalue weighted by atomic mass is 10.3. The predicted molar refractivity (Wildman–Crippen MR) is 52.7 cm³/mol. The Labute approximate surface area is 79.4 Å². The third-order valence-corrected chi connectivity index (χ3v) is 3.38. The molecule has 0 saturated heterocycles. The van der Waals surface area contributed by atoms with Crippen LogP contribution >= 0.6 is 34.7 Å². The van der Waals surface area contributed by atoms with Crippen LogP contribution in [0.5, 0.6) is 0 Å². The van der Waals surface area contributed by atoms with Gasteiger partial charge in [-0.1, -0.05) is 11.6 Å². The Hall–Kier alpha value is 0.300. The molecule has 1 N–H and O–H groups in total. The van der Waals surface area contributed by atoms with Crippen molar-refractivity contribution in [2.45, 2.75) is 6.10 Å². The minimum absolute atomic E-state index is 0.405. The minimum atomic E-state index is -0.405. The monoisotopic (exact) mass is 208 g/mol. The third-order valence-electron chi connectivity index (χ3n) is 1.27. The van der Waals surface area contributed by atoms with Gasteiger partial charge >= 0.3 is 0 Å². The summed E-state index contributed by atoms with van der Waals surface area (Å²) >= 11 is 8.93. The topological polar surface area (TPSA) is 20.2 Å². The molecule has 1 aromatic rings. The highest BCUT2D eigenvalue weighted by atomic mass is 35.5. The zero-order valence-corrected chi connectivity index (χ0v) is 8.47. The Morgan fingerprint density at radius 3 is 3.00 bits per heavy atom. The van der Waals surface area contributed by atoms with Crippen LogP contribution in [0.3, 0.4) is 0 Å². The summed E-state index contributed by atoms with van der Waals surface area (Å²) in [6.45, 7) is 0. The summed E-state index contributed by atoms with van der Waals surface area (Å²) in [5.41, 5.74) is 0. The maximum Gasteiger partial charge on any atom is 0.0986 e. The highest BCUT2D eigenvalue weighted by Gasteiger charge is 2.11. The summed E-state index contributed by atoms with van der Waals surface area (Å²) in [5, 5.41) is 12.1. The number of halogens is 1. The van der Waals surface area contributed by atoms with Crippen molar-refractivity contribution in [2.75, 3.05) is 12.0 Å². The second-order valence-electron chi connectivity index (χ2n) is 2.10. The first-order valence-electron chi connectivity index (χ1n) is 3.15. The van der Waals surface area contributed by atoms with Crippen LogP contribution in [-0.4, -0.2) is 17.1 Å². The van der Waals surface area contributed by atoms with Gasteiger partial charge in [0, 0.05) is 5.75 Å². The Morgan fingerprint density at radius 1 is 1.82 bits per heavy atom. The normalized spacial score (nSPS) is 13.4. The molecule has 4 heteroatoms. The molecule has 1 atom stereocenters. The van der Waals surface area contributed by atoms with Gasteiger partial charge in [0.1, 0.15) is 0 Å². The number of hydrogen-bond donors (Lipinski definition) is 1. The first-order valence-corrected chi connectivity index (χ1v) is 5.80. The standard InChI is InChI=1S/C7H9ClOS2/c1-10-4-6(9)7-5(8)2-3-11-7/h2-3,6,9H,4H2,1H3. The largest absolute Gasteiger partial charge is 0.387 e. The molecule has 1 unspecified atom stereocenters. The van der Waals surface area contributed by atoms with Crippen molar-refractivity contribution in [3.63, 3.8) is 0 Å². The van der Waals surface area contributed by atoms with E-state index in [-0.39, 0.29) is 0 Å². The second-order valence-corrected chi connectivity index (χ2v) is 4.37. The summed E-state index contributed by atoms with van der Waals surface area (Å²) in [5.74, 6) is 0.709. The van der Waals surface area contributed by atoms with Gasteiger partial charge < -0.3 is 5.11 Å². The number of aliphatic hydroxyl groups is 1. The predicted octanol–water partition coefficient (Wildman–Crippen LogP) is 2.80. The van der Waals surface area contributed by atoms with Gasteiger partial charge in [-0.25, -0.2) is 0 Å². The molecule has 0 fully saturated rings. The van der Waals surface area contributed by atoms with Crippen molar-refractivity contribution in [3.05, 3.63) is 21.3 Å². The van der Waals surface area contributed by atoms with Gasteiger partial charge in [-0.15, -0.1) is 11.3 Å². The highest BCUT2D eigenvalue weighted by molar-refractivity contribution is 7.98. The van der Waals surface area contributed by atoms with E-state index in [4.69, 9.17) is 11.6 Å². The molecule has 1 aromatic heterocycles. The third kappa shape index (κ3) is 2.37. The molecule has 1 rings (SSSR count). The zero-order valence-electron chi connectivity index (χ0n) is 6.08. The van der Waals surface area contributed by atoms with Crippen molar-refractivity contribution in [2.24, 2.45) is 0 Å². The fraction of sp³-hybridized carbons (Fsp3) is 0.429. The van der Waals surface area contributed by atoms with Crippen molar-refractivity contribution < 1.29 is 5.11 Å². The SMILES string of the molecule is CSCC(O)c1sccc1Cl. The molecule has 0 aliphatic rings. The number of rotatable bonds is 3. The summed E-state index contributed by atoms with van der Waals surface area (Å²) in [4.78, 5) is 0.876. The van der Waals surface area contributed by atoms with Gasteiger partial charge in [0.05, 0.1) is 16.0 Å². The van der Waals surface area contributed by atoms with Gasteiger partial charge in [0.2, 0.25) is 0 Å². The van der Waals surface area contributed by atoms with Crippen LogP contribution < -0.4 is 0 Å². The first kappa shape index (κ1) is 9.39. The molecule has 0 spiro atoms. The quantitative estimate of drug-likeness (QED) is 0.825. The Bertz CT molecular complexity index is 224. The van der Waals surface area contributed by atoms with Gasteiger partial charge in [0.25, 0.3) is 0 Å². The molecule has 0 aliphatic heterocycles. The van der Waals surface area contributed by atoms with Crippen LogP contribution in [-0.2, 0) is 0 Å². The maximum atomic E-state index is 9.50. The average molecular weight is 209 g/mol. The van der Waals surface area contributed by atoms with Crippen LogP contribution in [0.25, 0.3) is 0 Å². The Balaban J connectivity index is 2.67. The molecule has 0 aliphatic carbocycles. The number of thioether (sulfide) groups is 1. The zero-order chi connectivity index (χ0) is 8.27. The van der Waals surface area contributed by atoms with Gasteiger partial charge in [-0.05, 0) is 17.7 Å². The first-order chi connectivity index (χ1) is 5.25. The van der Waals surface area contributed by atoms with Gasteiger partial charge in [-0.2, -0.15) is 11.8 Å². The van der Waals surface area contributed by atoms with E-state index in [9.17, 15) is 5.11 Å². The lowest BCUT2D eigenvalue weighted by Crippen LogP contribution is -1.97. The molecule has 62 valence electrons. The average Bonchev–Trinajstić information content (AvgIpc) is 2.36. The minimum Gasteiger partial charge on any atom is -0.387 e. The molecule has 0 saturated carbocycles. The fourth-order valence-corrected chi connectivity index (χ4v) is 2.53. The molecule has 1 nitrogen and oxygen atoms in total. The molecular formula is C7H9ClOS2. The van der Waals surface area contributed by atoms with E-state index in [1.165, 1.54) is 11.3 Å². The summed E-state index contributed by atoms with van der Waals surface area (Å²) in [6, 6.07) is 1.81. The Kier molecular flexibility index (Phi) is 3.72. The van der Waals surface area contributed by atoms with E-state index in [0.29, 0.717) is 10.8 Å². The lowest BCUT2D eigenvalue weighted by molar-refractivity contribution is 0.208. The van der Waals surface area contributed by atoms with Crippen molar-refractivity contribution in [1.29, 1.82) is 0 Å². The fourth-order valence-electron chi connectivity index (χ4n) is 0.777. The number of thiophene rings is 1. The smallest absolute Gasteiger partial charge is 0.0986 e. The maximum absolute atomic E-state index is 9.50. The summed E-state index contributed by atoms with van der Waals surface area (Å²) < 4.78 is 0. The highest BCUT2D eigenvalue weighted by Crippen LogP contribution is 2.29. The second kappa shape index (κ2) is 4.36. The molecule has 0 amide bonds. The van der Waals surface area contributed by atoms with Crippen LogP contribution in [0.15, 0.2) is 11.4 Å². The van der Waals surface area contributed by atoms with Gasteiger partial charge in [0.15, 0.2) is 0 Å². The molecule has 0 aromatic carbocycles. The van der Waals surface area contributed by atoms with E-state index < -0.39 is 6.10 Å². The van der Waals surface area contributed by atoms with E-state index in [0.717, 1.165) is 4.88 Å². The van der Waals surface area contributed by atoms with Crippen LogP contribution in [0.2, 0.25) is 5.02 Å². The van der Waals surface area contributed by atoms with E-state index in [1.807, 2.05) is 17.7 Å². The van der Waals surface area contributed by atoms with Crippen molar-refractivity contribution >= 4 is 34.7 Å². The van der Waals surface area contributed by atoms with Crippen LogP contribution in [0.1, 0.15) is 11.0 Å². The van der Waals surface area contributed by atoms with Crippen LogP contribution in [0, 0.1) is 0 Å². The molecule has 1 heterocycles. The molecular weight excluding hydrogens is 200 g/mol. The van der Waals surface area contributed by atoms with Crippen molar-refractivity contribution in [1.82, 2.24) is 0 Å². The Morgan fingerprint density at radius 2 is 2.55 bits per heavy atom. The van der Waals surface area contributed by atoms with Gasteiger partial charge in [-0.3, -0.25) is 0 Å². The van der Waals surface area contributed by atoms with E-state index in [1.54, 1.807) is 11.8 Å². The number of aliphatic hydroxyl groups excluding tert-OH is 1. The van der Waals surface area contributed by atoms with E-state index >= 15 is 0 Å². The summed E-state index contributed by atoms with van der Waals surface area (Å²) in [6.07, 6.45) is 1.56. The van der Waals surface area contributed by atoms with E-state index in [2.05, 4.69) is 0 Å². The summed E-state index contributed by atoms with van der Waals surface area (Å²) in [7, 11) is 0. The molecule has 0 bridgehead atoms. The van der Waals surface area contributed by atoms with Crippen molar-refractivity contribution in [3.8, 4) is 0 Å². The molecule has 0 radical (unpaired) electrons. The van der Waals surface area contributed by atoms with Crippen LogP contribution in [0.4, 0.5) is 0 Å². The number of hydrogen-bond acceptors (Lipinski definition) is 3. The molecule has 11 heavy (non-hydrogen) atoms. The lowest BCUT2D eigenvalue weighted by Gasteiger charge is -2.05.